The van der Waals surface area contributed by atoms with Crippen molar-refractivity contribution in [2.24, 2.45) is 0 Å². The number of carbonyl (C=O) groups is 1. The predicted octanol–water partition coefficient (Wildman–Crippen LogP) is 2.28. The Kier molecular flexibility index (Phi) is 5.87. The molecule has 0 radical (unpaired) electrons. The lowest BCUT2D eigenvalue weighted by molar-refractivity contribution is -0.120. The molecule has 20 heavy (non-hydrogen) atoms. The van der Waals surface area contributed by atoms with Gasteiger partial charge in [-0.05, 0) is 37.0 Å². The number of rotatable bonds is 7. The molecule has 1 aromatic rings. The van der Waals surface area contributed by atoms with Gasteiger partial charge in [0.15, 0.2) is 0 Å². The molecule has 1 aromatic carbocycles. The lowest BCUT2D eigenvalue weighted by Crippen LogP contribution is -2.27. The number of anilines is 1. The number of hydrogen-bond acceptors (Lipinski definition) is 3. The van der Waals surface area contributed by atoms with Crippen molar-refractivity contribution in [3.8, 4) is 0 Å². The minimum absolute atomic E-state index is 0.0515. The Labute approximate surface area is 120 Å². The van der Waals surface area contributed by atoms with Crippen molar-refractivity contribution in [2.45, 2.75) is 44.6 Å². The van der Waals surface area contributed by atoms with Crippen LogP contribution in [0, 0.1) is 0 Å². The minimum atomic E-state index is 0.0515. The molecule has 0 bridgehead atoms. The summed E-state index contributed by atoms with van der Waals surface area (Å²) >= 11 is 0. The zero-order valence-electron chi connectivity index (χ0n) is 11.9. The Hall–Kier alpha value is -1.55. The van der Waals surface area contributed by atoms with Gasteiger partial charge in [-0.15, -0.1) is 0 Å². The Balaban J connectivity index is 1.54. The van der Waals surface area contributed by atoms with Gasteiger partial charge in [0.2, 0.25) is 5.91 Å². The molecule has 110 valence electrons. The summed E-state index contributed by atoms with van der Waals surface area (Å²) < 4.78 is 5.75. The van der Waals surface area contributed by atoms with Gasteiger partial charge in [0.1, 0.15) is 0 Å². The fourth-order valence-electron chi connectivity index (χ4n) is 2.49. The molecule has 0 heterocycles. The van der Waals surface area contributed by atoms with Gasteiger partial charge < -0.3 is 15.8 Å². The lowest BCUT2D eigenvalue weighted by atomic mass is 10.1. The van der Waals surface area contributed by atoms with Gasteiger partial charge >= 0.3 is 0 Å². The van der Waals surface area contributed by atoms with E-state index in [1.807, 2.05) is 24.3 Å². The third kappa shape index (κ3) is 5.21. The molecule has 0 atom stereocenters. The van der Waals surface area contributed by atoms with E-state index < -0.39 is 0 Å². The Bertz CT molecular complexity index is 411. The highest BCUT2D eigenvalue weighted by Gasteiger charge is 2.14. The van der Waals surface area contributed by atoms with Crippen molar-refractivity contribution in [3.05, 3.63) is 29.8 Å². The van der Waals surface area contributed by atoms with Gasteiger partial charge in [-0.3, -0.25) is 4.79 Å². The summed E-state index contributed by atoms with van der Waals surface area (Å²) in [4.78, 5) is 11.7. The van der Waals surface area contributed by atoms with Gasteiger partial charge in [0, 0.05) is 18.8 Å². The van der Waals surface area contributed by atoms with E-state index in [1.165, 1.54) is 25.7 Å². The number of ether oxygens (including phenoxy) is 1. The molecule has 1 aliphatic rings. The zero-order chi connectivity index (χ0) is 14.2. The first kappa shape index (κ1) is 14.9. The highest BCUT2D eigenvalue weighted by atomic mass is 16.5. The molecular formula is C16H24N2O2. The van der Waals surface area contributed by atoms with E-state index >= 15 is 0 Å². The second-order valence-corrected chi connectivity index (χ2v) is 5.40. The number of carbonyl (C=O) groups excluding carboxylic acids is 1. The largest absolute Gasteiger partial charge is 0.399 e. The maximum absolute atomic E-state index is 11.7. The highest BCUT2D eigenvalue weighted by molar-refractivity contribution is 5.78. The third-order valence-corrected chi connectivity index (χ3v) is 3.64. The summed E-state index contributed by atoms with van der Waals surface area (Å²) in [7, 11) is 0. The maximum Gasteiger partial charge on any atom is 0.224 e. The van der Waals surface area contributed by atoms with E-state index in [-0.39, 0.29) is 5.91 Å². The van der Waals surface area contributed by atoms with Gasteiger partial charge in [0.05, 0.1) is 12.5 Å². The molecule has 1 saturated carbocycles. The highest BCUT2D eigenvalue weighted by Crippen LogP contribution is 2.20. The van der Waals surface area contributed by atoms with Gasteiger partial charge in [-0.2, -0.15) is 0 Å². The number of amides is 1. The quantitative estimate of drug-likeness (QED) is 0.593. The van der Waals surface area contributed by atoms with Crippen molar-refractivity contribution in [1.82, 2.24) is 5.32 Å². The SMILES string of the molecule is Nc1ccc(CC(=O)NCCCOC2CCCC2)cc1. The first-order chi connectivity index (χ1) is 9.74. The van der Waals surface area contributed by atoms with Crippen LogP contribution in [0.25, 0.3) is 0 Å². The van der Waals surface area contributed by atoms with Crippen molar-refractivity contribution < 1.29 is 9.53 Å². The van der Waals surface area contributed by atoms with Crippen LogP contribution < -0.4 is 11.1 Å². The Morgan fingerprint density at radius 1 is 1.25 bits per heavy atom. The second-order valence-electron chi connectivity index (χ2n) is 5.40. The second kappa shape index (κ2) is 7.90. The van der Waals surface area contributed by atoms with Crippen LogP contribution >= 0.6 is 0 Å². The number of benzene rings is 1. The fraction of sp³-hybridized carbons (Fsp3) is 0.562. The van der Waals surface area contributed by atoms with Crippen LogP contribution in [0.1, 0.15) is 37.7 Å². The average Bonchev–Trinajstić information content (AvgIpc) is 2.94. The van der Waals surface area contributed by atoms with Crippen molar-refractivity contribution in [3.63, 3.8) is 0 Å². The van der Waals surface area contributed by atoms with E-state index in [0.29, 0.717) is 19.1 Å². The molecule has 1 aliphatic carbocycles. The summed E-state index contributed by atoms with van der Waals surface area (Å²) in [6, 6.07) is 7.41. The fourth-order valence-corrected chi connectivity index (χ4v) is 2.49. The molecule has 4 heteroatoms. The first-order valence-electron chi connectivity index (χ1n) is 7.47. The smallest absolute Gasteiger partial charge is 0.224 e. The summed E-state index contributed by atoms with van der Waals surface area (Å²) in [6.07, 6.45) is 6.73. The summed E-state index contributed by atoms with van der Waals surface area (Å²) in [5.74, 6) is 0.0515. The van der Waals surface area contributed by atoms with Crippen molar-refractivity contribution in [2.75, 3.05) is 18.9 Å². The van der Waals surface area contributed by atoms with Crippen LogP contribution in [0.3, 0.4) is 0 Å². The monoisotopic (exact) mass is 276 g/mol. The normalized spacial score (nSPS) is 15.4. The Morgan fingerprint density at radius 2 is 1.95 bits per heavy atom. The van der Waals surface area contributed by atoms with E-state index in [1.54, 1.807) is 0 Å². The maximum atomic E-state index is 11.7. The van der Waals surface area contributed by atoms with Crippen molar-refractivity contribution in [1.29, 1.82) is 0 Å². The van der Waals surface area contributed by atoms with Gasteiger partial charge in [-0.1, -0.05) is 25.0 Å². The van der Waals surface area contributed by atoms with Crippen molar-refractivity contribution >= 4 is 11.6 Å². The standard InChI is InChI=1S/C16H24N2O2/c17-14-8-6-13(7-9-14)12-16(19)18-10-3-11-20-15-4-1-2-5-15/h6-9,15H,1-5,10-12,17H2,(H,18,19). The molecule has 0 spiro atoms. The lowest BCUT2D eigenvalue weighted by Gasteiger charge is -2.11. The molecule has 0 unspecified atom stereocenters. The molecule has 2 rings (SSSR count). The van der Waals surface area contributed by atoms with E-state index in [0.717, 1.165) is 24.3 Å². The zero-order valence-corrected chi connectivity index (χ0v) is 11.9. The number of nitrogens with one attached hydrogen (secondary N) is 1. The predicted molar refractivity (Wildman–Crippen MR) is 80.4 cm³/mol. The van der Waals surface area contributed by atoms with Crippen LogP contribution in [-0.2, 0) is 16.0 Å². The number of nitrogens with two attached hydrogens (primary N) is 1. The number of hydrogen-bond donors (Lipinski definition) is 2. The average molecular weight is 276 g/mol. The van der Waals surface area contributed by atoms with Crippen LogP contribution in [0.5, 0.6) is 0 Å². The van der Waals surface area contributed by atoms with Crippen LogP contribution in [0.2, 0.25) is 0 Å². The van der Waals surface area contributed by atoms with E-state index in [4.69, 9.17) is 10.5 Å². The van der Waals surface area contributed by atoms with E-state index in [9.17, 15) is 4.79 Å². The van der Waals surface area contributed by atoms with Crippen LogP contribution in [0.15, 0.2) is 24.3 Å². The van der Waals surface area contributed by atoms with Crippen LogP contribution in [0.4, 0.5) is 5.69 Å². The first-order valence-corrected chi connectivity index (χ1v) is 7.47. The van der Waals surface area contributed by atoms with E-state index in [2.05, 4.69) is 5.32 Å². The molecule has 3 N–H and O–H groups in total. The van der Waals surface area contributed by atoms with Crippen LogP contribution in [-0.4, -0.2) is 25.2 Å². The summed E-state index contributed by atoms with van der Waals surface area (Å²) in [5, 5.41) is 2.92. The summed E-state index contributed by atoms with van der Waals surface area (Å²) in [5.41, 5.74) is 7.31. The molecular weight excluding hydrogens is 252 g/mol. The molecule has 4 nitrogen and oxygen atoms in total. The Morgan fingerprint density at radius 3 is 2.65 bits per heavy atom. The summed E-state index contributed by atoms with van der Waals surface area (Å²) in [6.45, 7) is 1.42. The molecule has 1 amide bonds. The van der Waals surface area contributed by atoms with Gasteiger partial charge in [-0.25, -0.2) is 0 Å². The molecule has 0 aliphatic heterocycles. The topological polar surface area (TPSA) is 64.4 Å². The number of nitrogen functional groups attached to an aromatic ring is 1. The third-order valence-electron chi connectivity index (χ3n) is 3.64. The molecule has 0 aromatic heterocycles. The minimum Gasteiger partial charge on any atom is -0.399 e. The molecule has 0 saturated heterocycles. The van der Waals surface area contributed by atoms with Gasteiger partial charge in [0.25, 0.3) is 0 Å². The molecule has 1 fully saturated rings.